The van der Waals surface area contributed by atoms with Crippen molar-refractivity contribution >= 4 is 21.5 Å². The van der Waals surface area contributed by atoms with E-state index in [-0.39, 0.29) is 17.2 Å². The zero-order valence-corrected chi connectivity index (χ0v) is 13.9. The van der Waals surface area contributed by atoms with E-state index in [1.165, 1.54) is 19.2 Å². The molecule has 1 heterocycles. The quantitative estimate of drug-likeness (QED) is 0.755. The van der Waals surface area contributed by atoms with Gasteiger partial charge in [0.25, 0.3) is 0 Å². The van der Waals surface area contributed by atoms with Gasteiger partial charge in [0.05, 0.1) is 4.90 Å². The number of carbonyl (C=O) groups excluding carboxylic acids is 1. The molecule has 1 aromatic rings. The number of hydrogen-bond donors (Lipinski definition) is 1. The molecule has 0 radical (unpaired) electrons. The number of carbonyl (C=O) groups is 1. The number of rotatable bonds is 7. The van der Waals surface area contributed by atoms with Crippen LogP contribution in [0.5, 0.6) is 0 Å². The summed E-state index contributed by atoms with van der Waals surface area (Å²) in [5.41, 5.74) is 0.481. The second-order valence-corrected chi connectivity index (χ2v) is 7.18. The van der Waals surface area contributed by atoms with E-state index in [0.717, 1.165) is 6.07 Å². The van der Waals surface area contributed by atoms with Gasteiger partial charge in [0.2, 0.25) is 10.0 Å². The minimum Gasteiger partial charge on any atom is -0.385 e. The molecule has 1 aromatic carbocycles. The maximum absolute atomic E-state index is 13.8. The second kappa shape index (κ2) is 7.85. The van der Waals surface area contributed by atoms with E-state index in [1.807, 2.05) is 4.90 Å². The predicted octanol–water partition coefficient (Wildman–Crippen LogP) is 1.31. The highest BCUT2D eigenvalue weighted by Gasteiger charge is 2.20. The lowest BCUT2D eigenvalue weighted by Crippen LogP contribution is -2.34. The van der Waals surface area contributed by atoms with Gasteiger partial charge in [-0.25, -0.2) is 17.5 Å². The molecule has 1 saturated heterocycles. The first-order valence-electron chi connectivity index (χ1n) is 7.48. The lowest BCUT2D eigenvalue weighted by atomic mass is 10.1. The van der Waals surface area contributed by atoms with Gasteiger partial charge in [0.15, 0.2) is 0 Å². The van der Waals surface area contributed by atoms with Gasteiger partial charge in [-0.15, -0.1) is 0 Å². The summed E-state index contributed by atoms with van der Waals surface area (Å²) < 4.78 is 45.6. The maximum Gasteiger partial charge on any atom is 0.240 e. The Kier molecular flexibility index (Phi) is 6.09. The van der Waals surface area contributed by atoms with Crippen LogP contribution >= 0.6 is 0 Å². The van der Waals surface area contributed by atoms with Gasteiger partial charge in [-0.1, -0.05) is 0 Å². The fourth-order valence-electron chi connectivity index (χ4n) is 2.41. The molecule has 0 saturated carbocycles. The minimum absolute atomic E-state index is 0.109. The molecule has 128 valence electrons. The van der Waals surface area contributed by atoms with Crippen molar-refractivity contribution in [2.24, 2.45) is 0 Å². The van der Waals surface area contributed by atoms with Crippen LogP contribution in [0, 0.1) is 5.82 Å². The van der Waals surface area contributed by atoms with E-state index in [4.69, 9.17) is 4.74 Å². The van der Waals surface area contributed by atoms with Crippen LogP contribution in [0.2, 0.25) is 0 Å². The van der Waals surface area contributed by atoms with E-state index < -0.39 is 15.8 Å². The standard InChI is InChI=1S/C15H21FN2O4S/c1-22-8-2-5-17-23(20,21)15-10-12(16)9-13(11-15)18-6-3-14(19)4-7-18/h9-11,17H,2-8H2,1H3. The van der Waals surface area contributed by atoms with Crippen molar-refractivity contribution in [2.75, 3.05) is 38.3 Å². The first kappa shape index (κ1) is 17.8. The molecule has 1 fully saturated rings. The van der Waals surface area contributed by atoms with Crippen molar-refractivity contribution in [3.63, 3.8) is 0 Å². The van der Waals surface area contributed by atoms with Crippen LogP contribution < -0.4 is 9.62 Å². The molecule has 0 aromatic heterocycles. The van der Waals surface area contributed by atoms with Crippen molar-refractivity contribution in [1.29, 1.82) is 0 Å². The Labute approximate surface area is 135 Å². The molecule has 1 aliphatic rings. The summed E-state index contributed by atoms with van der Waals surface area (Å²) in [6.45, 7) is 1.62. The molecule has 6 nitrogen and oxygen atoms in total. The smallest absolute Gasteiger partial charge is 0.240 e. The number of piperidine rings is 1. The largest absolute Gasteiger partial charge is 0.385 e. The normalized spacial score (nSPS) is 15.9. The number of benzene rings is 1. The number of ether oxygens (including phenoxy) is 1. The molecule has 23 heavy (non-hydrogen) atoms. The lowest BCUT2D eigenvalue weighted by Gasteiger charge is -2.28. The third-order valence-electron chi connectivity index (χ3n) is 3.67. The number of sulfonamides is 1. The number of ketones is 1. The van der Waals surface area contributed by atoms with Crippen molar-refractivity contribution in [2.45, 2.75) is 24.2 Å². The fraction of sp³-hybridized carbons (Fsp3) is 0.533. The van der Waals surface area contributed by atoms with Crippen molar-refractivity contribution in [1.82, 2.24) is 4.72 Å². The van der Waals surface area contributed by atoms with E-state index >= 15 is 0 Å². The number of methoxy groups -OCH3 is 1. The van der Waals surface area contributed by atoms with Gasteiger partial charge in [0.1, 0.15) is 11.6 Å². The Balaban J connectivity index is 2.14. The Bertz CT molecular complexity index is 653. The molecule has 1 aliphatic heterocycles. The Morgan fingerprint density at radius 3 is 2.61 bits per heavy atom. The lowest BCUT2D eigenvalue weighted by molar-refractivity contribution is -0.119. The highest BCUT2D eigenvalue weighted by Crippen LogP contribution is 2.24. The highest BCUT2D eigenvalue weighted by atomic mass is 32.2. The summed E-state index contributed by atoms with van der Waals surface area (Å²) in [5.74, 6) is -0.443. The SMILES string of the molecule is COCCCNS(=O)(=O)c1cc(F)cc(N2CCC(=O)CC2)c1. The third-order valence-corrected chi connectivity index (χ3v) is 5.11. The van der Waals surface area contributed by atoms with Gasteiger partial charge in [0, 0.05) is 51.9 Å². The van der Waals surface area contributed by atoms with Crippen molar-refractivity contribution in [3.8, 4) is 0 Å². The first-order valence-corrected chi connectivity index (χ1v) is 8.96. The molecule has 0 amide bonds. The number of nitrogens with zero attached hydrogens (tertiary/aromatic N) is 1. The predicted molar refractivity (Wildman–Crippen MR) is 84.5 cm³/mol. The van der Waals surface area contributed by atoms with Crippen LogP contribution in [0.15, 0.2) is 23.1 Å². The highest BCUT2D eigenvalue weighted by molar-refractivity contribution is 7.89. The summed E-state index contributed by atoms with van der Waals surface area (Å²) in [6, 6.07) is 3.73. The third kappa shape index (κ3) is 4.98. The Hall–Kier alpha value is -1.51. The monoisotopic (exact) mass is 344 g/mol. The second-order valence-electron chi connectivity index (χ2n) is 5.41. The molecule has 1 N–H and O–H groups in total. The zero-order valence-electron chi connectivity index (χ0n) is 13.0. The maximum atomic E-state index is 13.8. The molecule has 0 aliphatic carbocycles. The van der Waals surface area contributed by atoms with Gasteiger partial charge in [-0.2, -0.15) is 0 Å². The molecular formula is C15H21FN2O4S. The van der Waals surface area contributed by atoms with Crippen LogP contribution in [-0.4, -0.2) is 47.6 Å². The molecule has 0 unspecified atom stereocenters. The average molecular weight is 344 g/mol. The molecule has 0 bridgehead atoms. The molecule has 2 rings (SSSR count). The summed E-state index contributed by atoms with van der Waals surface area (Å²) >= 11 is 0. The summed E-state index contributed by atoms with van der Waals surface area (Å²) in [4.78, 5) is 13.0. The molecular weight excluding hydrogens is 323 g/mol. The van der Waals surface area contributed by atoms with E-state index in [9.17, 15) is 17.6 Å². The fourth-order valence-corrected chi connectivity index (χ4v) is 3.53. The van der Waals surface area contributed by atoms with Crippen molar-refractivity contribution in [3.05, 3.63) is 24.0 Å². The summed E-state index contributed by atoms with van der Waals surface area (Å²) in [7, 11) is -2.24. The van der Waals surface area contributed by atoms with Crippen LogP contribution in [0.4, 0.5) is 10.1 Å². The summed E-state index contributed by atoms with van der Waals surface area (Å²) in [6.07, 6.45) is 1.33. The van der Waals surface area contributed by atoms with Crippen LogP contribution in [0.3, 0.4) is 0 Å². The average Bonchev–Trinajstić information content (AvgIpc) is 2.52. The van der Waals surface area contributed by atoms with E-state index in [2.05, 4.69) is 4.72 Å². The van der Waals surface area contributed by atoms with Crippen LogP contribution in [0.25, 0.3) is 0 Å². The van der Waals surface area contributed by atoms with Gasteiger partial charge in [-0.3, -0.25) is 4.79 Å². The Morgan fingerprint density at radius 1 is 1.26 bits per heavy atom. The minimum atomic E-state index is -3.77. The molecule has 0 atom stereocenters. The first-order chi connectivity index (χ1) is 10.9. The number of halogens is 1. The van der Waals surface area contributed by atoms with E-state index in [1.54, 1.807) is 0 Å². The van der Waals surface area contributed by atoms with Gasteiger partial charge < -0.3 is 9.64 Å². The number of Topliss-reactive ketones (excluding diaryl/α,β-unsaturated/α-hetero) is 1. The van der Waals surface area contributed by atoms with Gasteiger partial charge >= 0.3 is 0 Å². The summed E-state index contributed by atoms with van der Waals surface area (Å²) in [5, 5.41) is 0. The number of hydrogen-bond acceptors (Lipinski definition) is 5. The van der Waals surface area contributed by atoms with Crippen molar-refractivity contribution < 1.29 is 22.3 Å². The van der Waals surface area contributed by atoms with Gasteiger partial charge in [-0.05, 0) is 24.6 Å². The molecule has 8 heteroatoms. The Morgan fingerprint density at radius 2 is 1.96 bits per heavy atom. The zero-order chi connectivity index (χ0) is 16.9. The van der Waals surface area contributed by atoms with E-state index in [0.29, 0.717) is 44.6 Å². The molecule has 0 spiro atoms. The number of nitrogens with one attached hydrogen (secondary N) is 1. The number of anilines is 1. The van der Waals surface area contributed by atoms with Crippen LogP contribution in [0.1, 0.15) is 19.3 Å². The van der Waals surface area contributed by atoms with Crippen LogP contribution in [-0.2, 0) is 19.6 Å². The topological polar surface area (TPSA) is 75.7 Å².